The number of nitrogens with zero attached hydrogens (tertiary/aromatic N) is 4. The lowest BCUT2D eigenvalue weighted by Crippen LogP contribution is -2.04. The van der Waals surface area contributed by atoms with E-state index in [1.165, 1.54) is 80.7 Å². The Kier molecular flexibility index (Phi) is 5.86. The molecule has 11 aromatic rings. The summed E-state index contributed by atoms with van der Waals surface area (Å²) in [6.45, 7) is 0. The van der Waals surface area contributed by atoms with E-state index < -0.39 is 0 Å². The molecule has 256 valence electrons. The fourth-order valence-corrected chi connectivity index (χ4v) is 10.8. The first kappa shape index (κ1) is 29.6. The van der Waals surface area contributed by atoms with Crippen molar-refractivity contribution in [3.8, 4) is 28.2 Å². The van der Waals surface area contributed by atoms with Crippen LogP contribution in [0.1, 0.15) is 18.4 Å². The zero-order valence-electron chi connectivity index (χ0n) is 29.6. The fourth-order valence-electron chi connectivity index (χ4n) is 9.71. The van der Waals surface area contributed by atoms with E-state index in [0.29, 0.717) is 0 Å². The van der Waals surface area contributed by atoms with E-state index in [0.717, 1.165) is 52.0 Å². The maximum absolute atomic E-state index is 5.59. The fraction of sp³-hybridized carbons (Fsp3) is 0.0400. The minimum atomic E-state index is 0.838. The summed E-state index contributed by atoms with van der Waals surface area (Å²) in [4.78, 5) is 11.1. The highest BCUT2D eigenvalue weighted by Gasteiger charge is 2.31. The van der Waals surface area contributed by atoms with Crippen LogP contribution < -0.4 is 0 Å². The number of hydrogen-bond donors (Lipinski definition) is 0. The average molecular weight is 719 g/mol. The quantitative estimate of drug-likeness (QED) is 0.178. The zero-order valence-corrected chi connectivity index (χ0v) is 30.4. The summed E-state index contributed by atoms with van der Waals surface area (Å²) in [7, 11) is 0. The van der Waals surface area contributed by atoms with Crippen LogP contribution in [0.5, 0.6) is 0 Å². The Morgan fingerprint density at radius 1 is 0.509 bits per heavy atom. The third kappa shape index (κ3) is 3.90. The van der Waals surface area contributed by atoms with Crippen LogP contribution >= 0.6 is 11.3 Å². The van der Waals surface area contributed by atoms with Gasteiger partial charge in [-0.25, -0.2) is 9.97 Å². The standard InChI is InChI=1S/C50H30N4S/c1-2-17-32-29(14-1)30-15-3-9-23-39(30)53-40-24-10-4-16-31(40)36-28-42-46(47(32)49(36)53)33-18-5-11-25-41(33)54(42)50-48(51-37-21-7-8-22-38(37)52-50)35-20-13-27-44-45(35)34-19-6-12-26-43(34)55-44/h1-8,10-22,24-28H,9,23H2. The molecule has 4 aromatic heterocycles. The molecule has 5 heteroatoms. The number of aromatic nitrogens is 4. The maximum atomic E-state index is 5.59. The summed E-state index contributed by atoms with van der Waals surface area (Å²) < 4.78 is 7.53. The van der Waals surface area contributed by atoms with Crippen LogP contribution in [0.25, 0.3) is 114 Å². The number of thiophene rings is 1. The van der Waals surface area contributed by atoms with Crippen molar-refractivity contribution in [3.05, 3.63) is 163 Å². The molecule has 5 heterocycles. The van der Waals surface area contributed by atoms with Gasteiger partial charge in [0.1, 0.15) is 5.69 Å². The van der Waals surface area contributed by atoms with E-state index in [1.54, 1.807) is 0 Å². The Labute approximate surface area is 319 Å². The van der Waals surface area contributed by atoms with Gasteiger partial charge in [-0.2, -0.15) is 0 Å². The number of allylic oxidation sites excluding steroid dienone is 4. The molecule has 2 aliphatic rings. The second-order valence-electron chi connectivity index (χ2n) is 14.8. The third-order valence-electron chi connectivity index (χ3n) is 11.9. The second kappa shape index (κ2) is 10.9. The summed E-state index contributed by atoms with van der Waals surface area (Å²) in [5.41, 5.74) is 15.0. The molecule has 0 atom stereocenters. The Bertz CT molecular complexity index is 3550. The first-order valence-electron chi connectivity index (χ1n) is 19.0. The second-order valence-corrected chi connectivity index (χ2v) is 15.8. The topological polar surface area (TPSA) is 35.6 Å². The van der Waals surface area contributed by atoms with Gasteiger partial charge in [0, 0.05) is 64.1 Å². The van der Waals surface area contributed by atoms with Crippen LogP contribution in [0.2, 0.25) is 0 Å². The van der Waals surface area contributed by atoms with Crippen LogP contribution in [-0.4, -0.2) is 19.1 Å². The summed E-state index contributed by atoms with van der Waals surface area (Å²) in [6.07, 6.45) is 6.72. The maximum Gasteiger partial charge on any atom is 0.165 e. The minimum Gasteiger partial charge on any atom is -0.312 e. The number of hydrogen-bond acceptors (Lipinski definition) is 3. The predicted octanol–water partition coefficient (Wildman–Crippen LogP) is 13.6. The first-order valence-corrected chi connectivity index (χ1v) is 19.8. The Morgan fingerprint density at radius 2 is 1.18 bits per heavy atom. The van der Waals surface area contributed by atoms with Gasteiger partial charge in [-0.1, -0.05) is 115 Å². The molecule has 0 fully saturated rings. The van der Waals surface area contributed by atoms with Crippen LogP contribution in [0.4, 0.5) is 0 Å². The van der Waals surface area contributed by atoms with E-state index in [1.807, 2.05) is 11.3 Å². The van der Waals surface area contributed by atoms with Crippen LogP contribution in [0.3, 0.4) is 0 Å². The molecule has 55 heavy (non-hydrogen) atoms. The van der Waals surface area contributed by atoms with Gasteiger partial charge >= 0.3 is 0 Å². The molecular formula is C50H30N4S. The number of fused-ring (bicyclic) bond motifs is 15. The van der Waals surface area contributed by atoms with Gasteiger partial charge in [0.25, 0.3) is 0 Å². The van der Waals surface area contributed by atoms with Crippen molar-refractivity contribution in [1.29, 1.82) is 0 Å². The molecule has 0 saturated carbocycles. The summed E-state index contributed by atoms with van der Waals surface area (Å²) in [6, 6.07) is 53.0. The monoisotopic (exact) mass is 718 g/mol. The van der Waals surface area contributed by atoms with Crippen molar-refractivity contribution in [3.63, 3.8) is 0 Å². The largest absolute Gasteiger partial charge is 0.312 e. The van der Waals surface area contributed by atoms with Crippen molar-refractivity contribution in [2.75, 3.05) is 0 Å². The summed E-state index contributed by atoms with van der Waals surface area (Å²) in [5, 5.41) is 7.43. The van der Waals surface area contributed by atoms with Gasteiger partial charge in [0.2, 0.25) is 0 Å². The van der Waals surface area contributed by atoms with Crippen molar-refractivity contribution >= 4 is 97.4 Å². The lowest BCUT2D eigenvalue weighted by molar-refractivity contribution is 0.986. The lowest BCUT2D eigenvalue weighted by atomic mass is 9.89. The lowest BCUT2D eigenvalue weighted by Gasteiger charge is -2.18. The molecule has 4 nitrogen and oxygen atoms in total. The van der Waals surface area contributed by atoms with Crippen LogP contribution in [-0.2, 0) is 0 Å². The van der Waals surface area contributed by atoms with E-state index in [2.05, 4.69) is 167 Å². The van der Waals surface area contributed by atoms with Gasteiger partial charge in [0.15, 0.2) is 5.82 Å². The van der Waals surface area contributed by atoms with Crippen molar-refractivity contribution in [1.82, 2.24) is 19.1 Å². The van der Waals surface area contributed by atoms with Crippen molar-refractivity contribution in [2.24, 2.45) is 0 Å². The predicted molar refractivity (Wildman–Crippen MR) is 232 cm³/mol. The molecule has 1 aliphatic heterocycles. The average Bonchev–Trinajstić information content (AvgIpc) is 3.87. The normalized spacial score (nSPS) is 13.9. The summed E-state index contributed by atoms with van der Waals surface area (Å²) >= 11 is 1.84. The number of rotatable bonds is 2. The molecule has 0 amide bonds. The smallest absolute Gasteiger partial charge is 0.165 e. The van der Waals surface area contributed by atoms with Crippen LogP contribution in [0, 0.1) is 0 Å². The Hall–Kier alpha value is -6.82. The summed E-state index contributed by atoms with van der Waals surface area (Å²) in [5.74, 6) is 0.838. The number of benzene rings is 7. The highest BCUT2D eigenvalue weighted by atomic mass is 32.1. The molecule has 0 bridgehead atoms. The third-order valence-corrected chi connectivity index (χ3v) is 13.1. The molecule has 1 aliphatic carbocycles. The molecule has 0 saturated heterocycles. The Balaban J connectivity index is 1.26. The molecular weight excluding hydrogens is 689 g/mol. The Morgan fingerprint density at radius 3 is 2.05 bits per heavy atom. The van der Waals surface area contributed by atoms with Gasteiger partial charge in [0.05, 0.1) is 33.1 Å². The molecule has 0 N–H and O–H groups in total. The van der Waals surface area contributed by atoms with Gasteiger partial charge < -0.3 is 4.57 Å². The molecule has 0 spiro atoms. The highest BCUT2D eigenvalue weighted by molar-refractivity contribution is 7.25. The molecule has 7 aromatic carbocycles. The van der Waals surface area contributed by atoms with E-state index in [9.17, 15) is 0 Å². The van der Waals surface area contributed by atoms with Crippen molar-refractivity contribution in [2.45, 2.75) is 12.8 Å². The minimum absolute atomic E-state index is 0.838. The van der Waals surface area contributed by atoms with E-state index in [4.69, 9.17) is 9.97 Å². The van der Waals surface area contributed by atoms with Crippen molar-refractivity contribution < 1.29 is 0 Å². The first-order chi connectivity index (χ1) is 27.3. The van der Waals surface area contributed by atoms with E-state index in [-0.39, 0.29) is 0 Å². The molecule has 0 unspecified atom stereocenters. The van der Waals surface area contributed by atoms with Gasteiger partial charge in [-0.05, 0) is 66.4 Å². The van der Waals surface area contributed by atoms with Crippen LogP contribution in [0.15, 0.2) is 158 Å². The molecule has 13 rings (SSSR count). The number of para-hydroxylation sites is 4. The SMILES string of the molecule is C1=CC2=C(CC1)n1c3ccccc3c3cc4c(c(c31)-c1ccccc12)c1ccccc1n4-c1nc2ccccc2nc1-c1cccc2sc3ccccc3c12. The van der Waals surface area contributed by atoms with Gasteiger partial charge in [-0.15, -0.1) is 11.3 Å². The molecule has 0 radical (unpaired) electrons. The van der Waals surface area contributed by atoms with E-state index >= 15 is 0 Å². The zero-order chi connectivity index (χ0) is 35.8. The van der Waals surface area contributed by atoms with Gasteiger partial charge in [-0.3, -0.25) is 4.57 Å². The highest BCUT2D eigenvalue weighted by Crippen LogP contribution is 2.52.